The first kappa shape index (κ1) is 64.3. The Labute approximate surface area is 444 Å². The molecule has 0 aliphatic carbocycles. The summed E-state index contributed by atoms with van der Waals surface area (Å²) in [5.41, 5.74) is 14.5. The Morgan fingerprint density at radius 1 is 0.824 bits per heavy atom. The molecule has 1 aliphatic rings. The van der Waals surface area contributed by atoms with E-state index in [2.05, 4.69) is 15.6 Å². The van der Waals surface area contributed by atoms with Crippen molar-refractivity contribution in [3.8, 4) is 10.4 Å². The van der Waals surface area contributed by atoms with Crippen LogP contribution in [-0.2, 0) is 72.5 Å². The third-order valence-electron chi connectivity index (χ3n) is 11.0. The largest absolute Gasteiger partial charge is 0.508 e. The van der Waals surface area contributed by atoms with E-state index in [0.29, 0.717) is 90.0 Å². The minimum atomic E-state index is -3.46. The minimum Gasteiger partial charge on any atom is -0.433 e. The van der Waals surface area contributed by atoms with E-state index in [9.17, 15) is 32.4 Å². The van der Waals surface area contributed by atoms with Crippen molar-refractivity contribution in [3.63, 3.8) is 0 Å². The van der Waals surface area contributed by atoms with Gasteiger partial charge in [-0.15, -0.1) is 11.3 Å². The maximum atomic E-state index is 14.6. The van der Waals surface area contributed by atoms with Crippen molar-refractivity contribution in [3.05, 3.63) is 41.0 Å². The molecule has 2 heterocycles. The second-order valence-corrected chi connectivity index (χ2v) is 25.0. The van der Waals surface area contributed by atoms with Gasteiger partial charge in [-0.25, -0.2) is 18.2 Å². The summed E-state index contributed by atoms with van der Waals surface area (Å²) in [4.78, 5) is 77.1. The molecule has 4 amide bonds. The summed E-state index contributed by atoms with van der Waals surface area (Å²) < 4.78 is 66.8. The number of carbonyl (C=O) groups is 5. The molecule has 0 radical (unpaired) electrons. The van der Waals surface area contributed by atoms with E-state index in [-0.39, 0.29) is 77.6 Å². The smallest absolute Gasteiger partial charge is 0.433 e. The Morgan fingerprint density at radius 3 is 1.86 bits per heavy atom. The third kappa shape index (κ3) is 25.7. The van der Waals surface area contributed by atoms with Crippen LogP contribution in [0.1, 0.15) is 71.6 Å². The number of nitrogens with two attached hydrogens (primary N) is 2. The monoisotopic (exact) mass is 1100 g/mol. The number of benzene rings is 1. The fraction of sp³-hybridized carbons (Fsp3) is 0.714. The predicted molar refractivity (Wildman–Crippen MR) is 282 cm³/mol. The summed E-state index contributed by atoms with van der Waals surface area (Å²) in [5.74, 6) is -1.76. The highest BCUT2D eigenvalue weighted by Crippen LogP contribution is 2.31. The molecule has 0 spiro atoms. The quantitative estimate of drug-likeness (QED) is 0.0430. The molecule has 22 nitrogen and oxygen atoms in total. The average Bonchev–Trinajstić information content (AvgIpc) is 3.97. The summed E-state index contributed by atoms with van der Waals surface area (Å²) in [7, 11) is -2.82. The molecule has 25 heteroatoms. The van der Waals surface area contributed by atoms with Crippen molar-refractivity contribution in [1.82, 2.24) is 25.4 Å². The molecule has 0 saturated carbocycles. The average molecular weight is 1100 g/mol. The molecule has 420 valence electrons. The summed E-state index contributed by atoms with van der Waals surface area (Å²) in [6.07, 6.45) is -0.967. The van der Waals surface area contributed by atoms with Crippen molar-refractivity contribution in [2.75, 3.05) is 125 Å². The van der Waals surface area contributed by atoms with E-state index >= 15 is 0 Å². The van der Waals surface area contributed by atoms with Gasteiger partial charge in [-0.05, 0) is 54.5 Å². The van der Waals surface area contributed by atoms with Gasteiger partial charge < -0.3 is 69.8 Å². The number of nitrogens with one attached hydrogen (secondary N) is 2. The normalized spacial score (nSPS) is 15.4. The van der Waals surface area contributed by atoms with Crippen LogP contribution >= 0.6 is 22.1 Å². The second kappa shape index (κ2) is 33.9. The van der Waals surface area contributed by atoms with Gasteiger partial charge in [-0.1, -0.05) is 45.0 Å². The number of hydrogen-bond donors (Lipinski definition) is 4. The first-order valence-corrected chi connectivity index (χ1v) is 29.0. The summed E-state index contributed by atoms with van der Waals surface area (Å²) >= 11 is 1.53. The molecule has 0 bridgehead atoms. The van der Waals surface area contributed by atoms with Crippen LogP contribution in [0.2, 0.25) is 0 Å². The molecule has 3 rings (SSSR count). The van der Waals surface area contributed by atoms with E-state index in [0.717, 1.165) is 28.0 Å². The highest BCUT2D eigenvalue weighted by Gasteiger charge is 2.46. The topological polar surface area (TPSA) is 289 Å². The van der Waals surface area contributed by atoms with Crippen molar-refractivity contribution in [2.45, 2.75) is 96.7 Å². The van der Waals surface area contributed by atoms with Gasteiger partial charge >= 0.3 is 6.16 Å². The number of ether oxygens (including phenoxy) is 8. The molecule has 1 aromatic heterocycles. The van der Waals surface area contributed by atoms with Crippen LogP contribution in [0.5, 0.6) is 0 Å². The maximum absolute atomic E-state index is 14.6. The molecule has 3 atom stereocenters. The first-order chi connectivity index (χ1) is 35.1. The van der Waals surface area contributed by atoms with E-state index < -0.39 is 61.1 Å². The van der Waals surface area contributed by atoms with Crippen LogP contribution in [0.4, 0.5) is 4.79 Å². The van der Waals surface area contributed by atoms with Gasteiger partial charge in [0, 0.05) is 58.2 Å². The second-order valence-electron chi connectivity index (χ2n) is 19.1. The predicted octanol–water partition coefficient (Wildman–Crippen LogP) is 2.88. The van der Waals surface area contributed by atoms with Crippen molar-refractivity contribution < 1.29 is 70.3 Å². The zero-order valence-corrected chi connectivity index (χ0v) is 46.7. The van der Waals surface area contributed by atoms with Crippen LogP contribution < -0.4 is 22.1 Å². The maximum Gasteiger partial charge on any atom is 0.508 e. The van der Waals surface area contributed by atoms with Gasteiger partial charge in [-0.3, -0.25) is 19.2 Å². The van der Waals surface area contributed by atoms with Crippen LogP contribution in [0, 0.1) is 12.3 Å². The van der Waals surface area contributed by atoms with Crippen molar-refractivity contribution >= 4 is 60.8 Å². The van der Waals surface area contributed by atoms with Crippen LogP contribution in [0.25, 0.3) is 10.4 Å². The standard InChI is InChI=1S/C49H81N7O15S3/c1-36-43(72-35-53-36)38-13-11-37(12-14-38)32-52-45(59)40-31-39(71-47(61)70-34-49(5,6)73-74(7,62)63)33-56(40)46(60)44(48(2,3)4)54-41(57)9-8-10-42(58)55(17-21-66-25-29-68-27-23-64-19-15-50)18-22-67-26-30-69-28-24-65-20-16-51/h11-14,35,39-40,44H,8-10,15-34,50-51H2,1-7H3,(H,52,59)(H,54,57)/t39-,40+,44-/m1/s1. The number of amides is 4. The molecule has 2 aromatic rings. The van der Waals surface area contributed by atoms with E-state index in [1.807, 2.05) is 31.2 Å². The van der Waals surface area contributed by atoms with E-state index in [4.69, 9.17) is 49.4 Å². The molecule has 1 fully saturated rings. The fourth-order valence-corrected chi connectivity index (χ4v) is 11.8. The number of aryl methyl sites for hydroxylation is 1. The van der Waals surface area contributed by atoms with Gasteiger partial charge in [0.1, 0.15) is 24.8 Å². The number of hydrogen-bond acceptors (Lipinski definition) is 20. The Bertz CT molecular complexity index is 2090. The van der Waals surface area contributed by atoms with Crippen LogP contribution in [-0.4, -0.2) is 201 Å². The Morgan fingerprint density at radius 2 is 1.36 bits per heavy atom. The number of aromatic nitrogens is 1. The number of nitrogens with zero attached hydrogens (tertiary/aromatic N) is 3. The SMILES string of the molecule is Cc1ncsc1-c1ccc(CNC(=O)[C@@H]2C[C@@H](OC(=O)OCC(C)(C)SS(C)(=O)=O)CN2C(=O)[C@@H](NC(=O)CCCC(=O)N(CCOCCOCCOCCN)CCOCCOCCOCCN)C(C)(C)C)cc1. The lowest BCUT2D eigenvalue weighted by atomic mass is 9.85. The molecule has 74 heavy (non-hydrogen) atoms. The fourth-order valence-electron chi connectivity index (χ4n) is 7.44. The number of rotatable bonds is 37. The highest BCUT2D eigenvalue weighted by molar-refractivity contribution is 8.72. The number of thiazole rings is 1. The minimum absolute atomic E-state index is 0.0284. The van der Waals surface area contributed by atoms with Gasteiger partial charge in [-0.2, -0.15) is 0 Å². The Balaban J connectivity index is 1.65. The summed E-state index contributed by atoms with van der Waals surface area (Å²) in [6.45, 7) is 15.9. The zero-order chi connectivity index (χ0) is 54.6. The molecule has 0 unspecified atom stereocenters. The van der Waals surface area contributed by atoms with E-state index in [1.54, 1.807) is 45.0 Å². The summed E-state index contributed by atoms with van der Waals surface area (Å²) in [6, 6.07) is 5.44. The molecule has 6 N–H and O–H groups in total. The van der Waals surface area contributed by atoms with Gasteiger partial charge in [0.15, 0.2) is 8.87 Å². The van der Waals surface area contributed by atoms with E-state index in [1.165, 1.54) is 16.2 Å². The Kier molecular flexibility index (Phi) is 29.4. The Hall–Kier alpha value is -4.02. The van der Waals surface area contributed by atoms with Crippen molar-refractivity contribution in [1.29, 1.82) is 0 Å². The molecule has 1 aromatic carbocycles. The number of carbonyl (C=O) groups excluding carboxylic acids is 5. The number of likely N-dealkylation sites (tertiary alicyclic amines) is 1. The lowest BCUT2D eigenvalue weighted by Gasteiger charge is -2.35. The van der Waals surface area contributed by atoms with Crippen LogP contribution in [0.15, 0.2) is 29.8 Å². The lowest BCUT2D eigenvalue weighted by molar-refractivity contribution is -0.144. The van der Waals surface area contributed by atoms with Gasteiger partial charge in [0.2, 0.25) is 23.6 Å². The first-order valence-electron chi connectivity index (χ1n) is 24.9. The molecular formula is C49H81N7O15S3. The lowest BCUT2D eigenvalue weighted by Crippen LogP contribution is -2.57. The van der Waals surface area contributed by atoms with Crippen molar-refractivity contribution in [2.24, 2.45) is 16.9 Å². The third-order valence-corrected chi connectivity index (χ3v) is 15.2. The molecular weight excluding hydrogens is 1020 g/mol. The van der Waals surface area contributed by atoms with Crippen LogP contribution in [0.3, 0.4) is 0 Å². The molecule has 1 aliphatic heterocycles. The zero-order valence-electron chi connectivity index (χ0n) is 44.2. The van der Waals surface area contributed by atoms with Gasteiger partial charge in [0.05, 0.1) is 107 Å². The summed E-state index contributed by atoms with van der Waals surface area (Å²) in [5, 5.41) is 5.79. The molecule has 1 saturated heterocycles. The highest BCUT2D eigenvalue weighted by atomic mass is 33.1. The van der Waals surface area contributed by atoms with Gasteiger partial charge in [0.25, 0.3) is 0 Å².